The van der Waals surface area contributed by atoms with E-state index in [2.05, 4.69) is 14.9 Å². The minimum Gasteiger partial charge on any atom is -0.497 e. The van der Waals surface area contributed by atoms with Crippen LogP contribution < -0.4 is 9.47 Å². The summed E-state index contributed by atoms with van der Waals surface area (Å²) < 4.78 is 11.4. The quantitative estimate of drug-likeness (QED) is 0.663. The Kier molecular flexibility index (Phi) is 5.99. The Bertz CT molecular complexity index is 1050. The molecule has 0 atom stereocenters. The van der Waals surface area contributed by atoms with Gasteiger partial charge in [0.1, 0.15) is 23.3 Å². The minimum atomic E-state index is 0.0862. The number of amides is 1. The summed E-state index contributed by atoms with van der Waals surface area (Å²) in [6, 6.07) is 12.2. The molecule has 5 rings (SSSR count). The number of nitrogens with zero attached hydrogens (tertiary/aromatic N) is 3. The number of hydrogen-bond donors (Lipinski definition) is 1. The van der Waals surface area contributed by atoms with Gasteiger partial charge in [-0.05, 0) is 56.0 Å². The third kappa shape index (κ3) is 4.43. The number of likely N-dealkylation sites (tertiary alicyclic amines) is 2. The van der Waals surface area contributed by atoms with Crippen LogP contribution >= 0.6 is 0 Å². The number of H-pyrrole nitrogens is 1. The lowest BCUT2D eigenvalue weighted by Gasteiger charge is -2.41. The van der Waals surface area contributed by atoms with Gasteiger partial charge in [-0.15, -0.1) is 0 Å². The zero-order valence-corrected chi connectivity index (χ0v) is 18.5. The maximum atomic E-state index is 13.1. The number of pyridine rings is 1. The number of carbonyl (C=O) groups excluding carboxylic acids is 1. The first-order chi connectivity index (χ1) is 15.7. The summed E-state index contributed by atoms with van der Waals surface area (Å²) in [7, 11) is 1.65. The molecule has 168 valence electrons. The van der Waals surface area contributed by atoms with Crippen LogP contribution in [0.5, 0.6) is 11.5 Å². The molecule has 1 amide bonds. The van der Waals surface area contributed by atoms with E-state index < -0.39 is 0 Å². The fourth-order valence-corrected chi connectivity index (χ4v) is 4.92. The molecule has 4 heterocycles. The summed E-state index contributed by atoms with van der Waals surface area (Å²) in [4.78, 5) is 24.9. The Morgan fingerprint density at radius 2 is 1.72 bits per heavy atom. The average Bonchev–Trinajstić information content (AvgIpc) is 3.28. The molecule has 3 aromatic rings. The van der Waals surface area contributed by atoms with E-state index in [0.717, 1.165) is 74.3 Å². The van der Waals surface area contributed by atoms with E-state index in [1.807, 2.05) is 41.3 Å². The van der Waals surface area contributed by atoms with E-state index in [-0.39, 0.29) is 12.0 Å². The summed E-state index contributed by atoms with van der Waals surface area (Å²) in [5.74, 6) is 1.78. The van der Waals surface area contributed by atoms with Gasteiger partial charge >= 0.3 is 0 Å². The molecule has 2 aliphatic heterocycles. The van der Waals surface area contributed by atoms with Gasteiger partial charge < -0.3 is 19.4 Å². The zero-order chi connectivity index (χ0) is 21.9. The summed E-state index contributed by atoms with van der Waals surface area (Å²) in [6.45, 7) is 3.71. The normalized spacial score (nSPS) is 18.7. The third-order valence-electron chi connectivity index (χ3n) is 6.76. The van der Waals surface area contributed by atoms with Gasteiger partial charge in [-0.1, -0.05) is 0 Å². The van der Waals surface area contributed by atoms with Crippen molar-refractivity contribution < 1.29 is 14.3 Å². The number of methoxy groups -OCH3 is 1. The second kappa shape index (κ2) is 9.20. The smallest absolute Gasteiger partial charge is 0.270 e. The molecular formula is C25H30N4O3. The number of carbonyl (C=O) groups is 1. The predicted molar refractivity (Wildman–Crippen MR) is 123 cm³/mol. The molecule has 1 aromatic carbocycles. The van der Waals surface area contributed by atoms with E-state index in [9.17, 15) is 4.79 Å². The Hall–Kier alpha value is -3.06. The lowest BCUT2D eigenvalue weighted by Crippen LogP contribution is -2.50. The van der Waals surface area contributed by atoms with Crippen molar-refractivity contribution in [3.63, 3.8) is 0 Å². The fourth-order valence-electron chi connectivity index (χ4n) is 4.92. The standard InChI is InChI=1S/C25H30N4O3/c1-31-22-3-2-18-16-24(27-23(18)17-22)25(30)29-12-6-19(7-13-29)28-14-8-21(9-15-28)32-20-4-10-26-11-5-20/h2-5,10-11,16-17,19,21,27H,6-9,12-15H2,1H3. The number of fused-ring (bicyclic) bond motifs is 1. The van der Waals surface area contributed by atoms with Crippen molar-refractivity contribution in [2.24, 2.45) is 0 Å². The largest absolute Gasteiger partial charge is 0.497 e. The molecule has 2 aliphatic rings. The van der Waals surface area contributed by atoms with Crippen molar-refractivity contribution >= 4 is 16.8 Å². The molecular weight excluding hydrogens is 404 g/mol. The topological polar surface area (TPSA) is 70.7 Å². The van der Waals surface area contributed by atoms with Crippen LogP contribution in [0.15, 0.2) is 48.8 Å². The Labute approximate surface area is 188 Å². The van der Waals surface area contributed by atoms with Crippen LogP contribution in [0.3, 0.4) is 0 Å². The molecule has 2 fully saturated rings. The number of benzene rings is 1. The average molecular weight is 435 g/mol. The van der Waals surface area contributed by atoms with E-state index in [1.165, 1.54) is 0 Å². The van der Waals surface area contributed by atoms with Crippen molar-refractivity contribution in [2.45, 2.75) is 37.8 Å². The van der Waals surface area contributed by atoms with Crippen LogP contribution in [0.2, 0.25) is 0 Å². The second-order valence-electron chi connectivity index (χ2n) is 8.70. The maximum absolute atomic E-state index is 13.1. The van der Waals surface area contributed by atoms with Crippen molar-refractivity contribution in [3.05, 3.63) is 54.5 Å². The van der Waals surface area contributed by atoms with Gasteiger partial charge in [0.2, 0.25) is 0 Å². The van der Waals surface area contributed by atoms with Crippen molar-refractivity contribution in [1.29, 1.82) is 0 Å². The maximum Gasteiger partial charge on any atom is 0.270 e. The lowest BCUT2D eigenvalue weighted by molar-refractivity contribution is 0.0423. The number of nitrogens with one attached hydrogen (secondary N) is 1. The van der Waals surface area contributed by atoms with Crippen LogP contribution in [0.25, 0.3) is 10.9 Å². The monoisotopic (exact) mass is 434 g/mol. The molecule has 0 saturated carbocycles. The number of ether oxygens (including phenoxy) is 2. The third-order valence-corrected chi connectivity index (χ3v) is 6.76. The van der Waals surface area contributed by atoms with E-state index in [4.69, 9.17) is 9.47 Å². The second-order valence-corrected chi connectivity index (χ2v) is 8.70. The molecule has 0 bridgehead atoms. The Balaban J connectivity index is 1.12. The Morgan fingerprint density at radius 3 is 2.44 bits per heavy atom. The van der Waals surface area contributed by atoms with Gasteiger partial charge in [-0.3, -0.25) is 14.7 Å². The molecule has 1 N–H and O–H groups in total. The first-order valence-corrected chi connectivity index (χ1v) is 11.5. The van der Waals surface area contributed by atoms with Crippen LogP contribution in [0.1, 0.15) is 36.2 Å². The van der Waals surface area contributed by atoms with Gasteiger partial charge in [-0.2, -0.15) is 0 Å². The van der Waals surface area contributed by atoms with Crippen molar-refractivity contribution in [3.8, 4) is 11.5 Å². The molecule has 2 saturated heterocycles. The first kappa shape index (κ1) is 20.8. The van der Waals surface area contributed by atoms with Crippen LogP contribution in [0.4, 0.5) is 0 Å². The summed E-state index contributed by atoms with van der Waals surface area (Å²) in [6.07, 6.45) is 7.94. The highest BCUT2D eigenvalue weighted by Gasteiger charge is 2.30. The van der Waals surface area contributed by atoms with Crippen molar-refractivity contribution in [2.75, 3.05) is 33.3 Å². The molecule has 0 unspecified atom stereocenters. The number of aromatic amines is 1. The molecule has 32 heavy (non-hydrogen) atoms. The first-order valence-electron chi connectivity index (χ1n) is 11.5. The lowest BCUT2D eigenvalue weighted by atomic mass is 9.98. The predicted octanol–water partition coefficient (Wildman–Crippen LogP) is 3.72. The number of rotatable bonds is 5. The Morgan fingerprint density at radius 1 is 0.969 bits per heavy atom. The van der Waals surface area contributed by atoms with E-state index in [0.29, 0.717) is 11.7 Å². The summed E-state index contributed by atoms with van der Waals surface area (Å²) in [5.41, 5.74) is 1.58. The van der Waals surface area contributed by atoms with E-state index in [1.54, 1.807) is 19.5 Å². The number of aromatic nitrogens is 2. The molecule has 0 radical (unpaired) electrons. The van der Waals surface area contributed by atoms with Gasteiger partial charge in [-0.25, -0.2) is 0 Å². The highest BCUT2D eigenvalue weighted by Crippen LogP contribution is 2.26. The van der Waals surface area contributed by atoms with Crippen LogP contribution in [-0.2, 0) is 0 Å². The fraction of sp³-hybridized carbons (Fsp3) is 0.440. The van der Waals surface area contributed by atoms with Gasteiger partial charge in [0.25, 0.3) is 5.91 Å². The molecule has 7 nitrogen and oxygen atoms in total. The zero-order valence-electron chi connectivity index (χ0n) is 18.5. The van der Waals surface area contributed by atoms with E-state index >= 15 is 0 Å². The molecule has 0 aliphatic carbocycles. The minimum absolute atomic E-state index is 0.0862. The molecule has 0 spiro atoms. The van der Waals surface area contributed by atoms with Gasteiger partial charge in [0, 0.05) is 61.6 Å². The van der Waals surface area contributed by atoms with Gasteiger partial charge in [0.15, 0.2) is 0 Å². The molecule has 2 aromatic heterocycles. The SMILES string of the molecule is COc1ccc2cc(C(=O)N3CCC(N4CCC(Oc5ccncc5)CC4)CC3)[nH]c2c1. The summed E-state index contributed by atoms with van der Waals surface area (Å²) >= 11 is 0. The van der Waals surface area contributed by atoms with Gasteiger partial charge in [0.05, 0.1) is 7.11 Å². The number of piperidine rings is 2. The highest BCUT2D eigenvalue weighted by atomic mass is 16.5. The van der Waals surface area contributed by atoms with Crippen LogP contribution in [-0.4, -0.2) is 71.1 Å². The van der Waals surface area contributed by atoms with Crippen LogP contribution in [0, 0.1) is 0 Å². The highest BCUT2D eigenvalue weighted by molar-refractivity contribution is 5.98. The molecule has 7 heteroatoms. The number of hydrogen-bond acceptors (Lipinski definition) is 5. The summed E-state index contributed by atoms with van der Waals surface area (Å²) in [5, 5.41) is 1.03. The van der Waals surface area contributed by atoms with Crippen molar-refractivity contribution in [1.82, 2.24) is 19.8 Å².